The Kier molecular flexibility index (Phi) is 5.29. The molecule has 0 amide bonds. The fourth-order valence-corrected chi connectivity index (χ4v) is 3.77. The maximum atomic E-state index is 2.76. The second-order valence-corrected chi connectivity index (χ2v) is 6.38. The zero-order valence-corrected chi connectivity index (χ0v) is 13.6. The zero-order valence-electron chi connectivity index (χ0n) is 13.6. The van der Waals surface area contributed by atoms with Crippen molar-refractivity contribution in [3.8, 4) is 0 Å². The maximum Gasteiger partial charge on any atom is 0.0354 e. The van der Waals surface area contributed by atoms with E-state index in [2.05, 4.69) is 72.5 Å². The van der Waals surface area contributed by atoms with Crippen LogP contribution in [0.3, 0.4) is 0 Å². The van der Waals surface area contributed by atoms with Gasteiger partial charge in [0.15, 0.2) is 0 Å². The Morgan fingerprint density at radius 1 is 0.818 bits per heavy atom. The Bertz CT molecular complexity index is 501. The van der Waals surface area contributed by atoms with Crippen LogP contribution >= 0.6 is 0 Å². The molecular formula is C21H27N. The molecule has 0 unspecified atom stereocenters. The number of likely N-dealkylation sites (tertiary alicyclic amines) is 1. The second-order valence-electron chi connectivity index (χ2n) is 6.38. The van der Waals surface area contributed by atoms with Crippen molar-refractivity contribution in [2.75, 3.05) is 6.54 Å². The van der Waals surface area contributed by atoms with Crippen molar-refractivity contribution >= 4 is 0 Å². The average Bonchev–Trinajstić information content (AvgIpc) is 2.61. The van der Waals surface area contributed by atoms with Crippen LogP contribution in [-0.2, 0) is 0 Å². The Morgan fingerprint density at radius 2 is 1.32 bits per heavy atom. The van der Waals surface area contributed by atoms with Crippen molar-refractivity contribution in [2.45, 2.75) is 51.1 Å². The van der Waals surface area contributed by atoms with Gasteiger partial charge in [-0.3, -0.25) is 4.90 Å². The van der Waals surface area contributed by atoms with Crippen molar-refractivity contribution < 1.29 is 0 Å². The van der Waals surface area contributed by atoms with Crippen molar-refractivity contribution in [3.63, 3.8) is 0 Å². The molecule has 3 rings (SSSR count). The summed E-state index contributed by atoms with van der Waals surface area (Å²) in [5, 5.41) is 0. The predicted molar refractivity (Wildman–Crippen MR) is 93.8 cm³/mol. The summed E-state index contributed by atoms with van der Waals surface area (Å²) in [5.41, 5.74) is 2.97. The van der Waals surface area contributed by atoms with Crippen LogP contribution in [0.2, 0.25) is 0 Å². The van der Waals surface area contributed by atoms with Crippen LogP contribution in [-0.4, -0.2) is 11.4 Å². The Morgan fingerprint density at radius 3 is 1.77 bits per heavy atom. The summed E-state index contributed by atoms with van der Waals surface area (Å²) in [6.45, 7) is 3.49. The lowest BCUT2D eigenvalue weighted by Gasteiger charge is -2.43. The van der Waals surface area contributed by atoms with E-state index in [-0.39, 0.29) is 0 Å². The highest BCUT2D eigenvalue weighted by Gasteiger charge is 2.31. The van der Waals surface area contributed by atoms with Gasteiger partial charge in [0.1, 0.15) is 0 Å². The second kappa shape index (κ2) is 7.60. The molecule has 2 aromatic rings. The lowest BCUT2D eigenvalue weighted by Crippen LogP contribution is -2.37. The number of hydrogen-bond donors (Lipinski definition) is 0. The quantitative estimate of drug-likeness (QED) is 0.678. The van der Waals surface area contributed by atoms with Gasteiger partial charge in [-0.1, -0.05) is 74.0 Å². The van der Waals surface area contributed by atoms with Crippen LogP contribution in [0.25, 0.3) is 0 Å². The van der Waals surface area contributed by atoms with Gasteiger partial charge in [0, 0.05) is 12.1 Å². The monoisotopic (exact) mass is 293 g/mol. The number of hydrogen-bond acceptors (Lipinski definition) is 1. The lowest BCUT2D eigenvalue weighted by molar-refractivity contribution is 0.0803. The first-order chi connectivity index (χ1) is 10.9. The third-order valence-corrected chi connectivity index (χ3v) is 4.89. The van der Waals surface area contributed by atoms with Crippen LogP contribution in [0.5, 0.6) is 0 Å². The standard InChI is InChI=1S/C21H27N/c1-2-3-17-22-20(18-11-6-4-7-12-18)15-10-16-21(22)19-13-8-5-9-14-19/h4-9,11-14,20-21H,2-3,10,15-17H2,1H3/t20-,21+. The van der Waals surface area contributed by atoms with Gasteiger partial charge in [0.05, 0.1) is 0 Å². The molecule has 0 aromatic heterocycles. The minimum absolute atomic E-state index is 0.576. The molecule has 0 spiro atoms. The summed E-state index contributed by atoms with van der Waals surface area (Å²) in [5.74, 6) is 0. The molecule has 1 aliphatic rings. The van der Waals surface area contributed by atoms with Crippen molar-refractivity contribution in [2.24, 2.45) is 0 Å². The van der Waals surface area contributed by atoms with E-state index in [9.17, 15) is 0 Å². The Labute approximate surface area is 135 Å². The topological polar surface area (TPSA) is 3.24 Å². The molecule has 0 saturated carbocycles. The first-order valence-corrected chi connectivity index (χ1v) is 8.75. The highest BCUT2D eigenvalue weighted by atomic mass is 15.2. The molecule has 116 valence electrons. The zero-order chi connectivity index (χ0) is 15.2. The van der Waals surface area contributed by atoms with Crippen LogP contribution < -0.4 is 0 Å². The first-order valence-electron chi connectivity index (χ1n) is 8.75. The molecule has 1 nitrogen and oxygen atoms in total. The largest absolute Gasteiger partial charge is 0.289 e. The summed E-state index contributed by atoms with van der Waals surface area (Å²) in [7, 11) is 0. The van der Waals surface area contributed by atoms with Gasteiger partial charge in [-0.15, -0.1) is 0 Å². The Hall–Kier alpha value is -1.60. The van der Waals surface area contributed by atoms with E-state index in [1.54, 1.807) is 0 Å². The highest BCUT2D eigenvalue weighted by Crippen LogP contribution is 2.41. The fourth-order valence-electron chi connectivity index (χ4n) is 3.77. The number of unbranched alkanes of at least 4 members (excludes halogenated alkanes) is 1. The van der Waals surface area contributed by atoms with Gasteiger partial charge >= 0.3 is 0 Å². The van der Waals surface area contributed by atoms with Crippen LogP contribution in [0.15, 0.2) is 60.7 Å². The summed E-state index contributed by atoms with van der Waals surface area (Å²) in [4.78, 5) is 2.76. The van der Waals surface area contributed by atoms with Crippen LogP contribution in [0.4, 0.5) is 0 Å². The molecule has 2 aromatic carbocycles. The first kappa shape index (κ1) is 15.3. The Balaban J connectivity index is 1.89. The van der Waals surface area contributed by atoms with E-state index in [0.717, 1.165) is 0 Å². The van der Waals surface area contributed by atoms with E-state index >= 15 is 0 Å². The van der Waals surface area contributed by atoms with Gasteiger partial charge in [0.25, 0.3) is 0 Å². The summed E-state index contributed by atoms with van der Waals surface area (Å²) in [6.07, 6.45) is 6.45. The number of nitrogens with zero attached hydrogens (tertiary/aromatic N) is 1. The molecular weight excluding hydrogens is 266 g/mol. The molecule has 0 radical (unpaired) electrons. The molecule has 1 aliphatic heterocycles. The van der Waals surface area contributed by atoms with Gasteiger partial charge in [-0.25, -0.2) is 0 Å². The highest BCUT2D eigenvalue weighted by molar-refractivity contribution is 5.24. The minimum atomic E-state index is 0.576. The predicted octanol–water partition coefficient (Wildman–Crippen LogP) is 5.76. The van der Waals surface area contributed by atoms with E-state index in [1.807, 2.05) is 0 Å². The van der Waals surface area contributed by atoms with Crippen molar-refractivity contribution in [1.82, 2.24) is 4.90 Å². The van der Waals surface area contributed by atoms with Crippen molar-refractivity contribution in [3.05, 3.63) is 71.8 Å². The van der Waals surface area contributed by atoms with Gasteiger partial charge in [0.2, 0.25) is 0 Å². The number of piperidine rings is 1. The molecule has 0 bridgehead atoms. The smallest absolute Gasteiger partial charge is 0.0354 e. The van der Waals surface area contributed by atoms with Crippen molar-refractivity contribution in [1.29, 1.82) is 0 Å². The molecule has 0 aliphatic carbocycles. The third kappa shape index (κ3) is 3.41. The molecule has 0 N–H and O–H groups in total. The maximum absolute atomic E-state index is 2.76. The normalized spacial score (nSPS) is 22.6. The lowest BCUT2D eigenvalue weighted by atomic mass is 9.87. The van der Waals surface area contributed by atoms with E-state index in [1.165, 1.54) is 49.8 Å². The van der Waals surface area contributed by atoms with E-state index in [0.29, 0.717) is 12.1 Å². The van der Waals surface area contributed by atoms with Gasteiger partial charge in [-0.05, 0) is 43.4 Å². The van der Waals surface area contributed by atoms with E-state index in [4.69, 9.17) is 0 Å². The van der Waals surface area contributed by atoms with Gasteiger partial charge in [-0.2, -0.15) is 0 Å². The summed E-state index contributed by atoms with van der Waals surface area (Å²) >= 11 is 0. The molecule has 1 heteroatoms. The third-order valence-electron chi connectivity index (χ3n) is 4.89. The molecule has 1 fully saturated rings. The van der Waals surface area contributed by atoms with Crippen LogP contribution in [0, 0.1) is 0 Å². The minimum Gasteiger partial charge on any atom is -0.289 e. The molecule has 22 heavy (non-hydrogen) atoms. The SMILES string of the molecule is CCCCN1[C@@H](c2ccccc2)CCC[C@H]1c1ccccc1. The van der Waals surface area contributed by atoms with Crippen LogP contribution in [0.1, 0.15) is 62.2 Å². The summed E-state index contributed by atoms with van der Waals surface area (Å²) in [6, 6.07) is 23.3. The van der Waals surface area contributed by atoms with E-state index < -0.39 is 0 Å². The number of rotatable bonds is 5. The summed E-state index contributed by atoms with van der Waals surface area (Å²) < 4.78 is 0. The molecule has 1 saturated heterocycles. The average molecular weight is 293 g/mol. The molecule has 2 atom stereocenters. The fraction of sp³-hybridized carbons (Fsp3) is 0.429. The number of benzene rings is 2. The molecule has 1 heterocycles. The van der Waals surface area contributed by atoms with Gasteiger partial charge < -0.3 is 0 Å².